The first-order valence-electron chi connectivity index (χ1n) is 8.40. The van der Waals surface area contributed by atoms with E-state index in [1.54, 1.807) is 6.20 Å². The highest BCUT2D eigenvalue weighted by Gasteiger charge is 2.29. The van der Waals surface area contributed by atoms with Gasteiger partial charge in [0.25, 0.3) is 12.3 Å². The first kappa shape index (κ1) is 20.7. The van der Waals surface area contributed by atoms with Crippen LogP contribution in [0.3, 0.4) is 0 Å². The van der Waals surface area contributed by atoms with Crippen LogP contribution in [-0.2, 0) is 11.4 Å². The smallest absolute Gasteiger partial charge is 0.296 e. The van der Waals surface area contributed by atoms with Crippen molar-refractivity contribution in [3.63, 3.8) is 0 Å². The summed E-state index contributed by atoms with van der Waals surface area (Å²) in [5, 5.41) is 12.2. The summed E-state index contributed by atoms with van der Waals surface area (Å²) in [7, 11) is 0. The molecule has 11 heteroatoms. The van der Waals surface area contributed by atoms with Crippen molar-refractivity contribution in [1.29, 1.82) is 0 Å². The number of fused-ring (bicyclic) bond motifs is 1. The molecule has 3 rings (SSSR count). The number of nitrogens with two attached hydrogens (primary N) is 1. The largest absolute Gasteiger partial charge is 0.488 e. The van der Waals surface area contributed by atoms with Crippen LogP contribution in [0.1, 0.15) is 32.4 Å². The van der Waals surface area contributed by atoms with Crippen molar-refractivity contribution in [2.75, 3.05) is 6.61 Å². The summed E-state index contributed by atoms with van der Waals surface area (Å²) in [6.45, 7) is 1.30. The Labute approximate surface area is 167 Å². The number of aromatic nitrogens is 1. The van der Waals surface area contributed by atoms with Crippen molar-refractivity contribution in [2.24, 2.45) is 5.73 Å². The fourth-order valence-corrected chi connectivity index (χ4v) is 3.35. The third-order valence-corrected chi connectivity index (χ3v) is 4.88. The molecule has 0 aliphatic carbocycles. The van der Waals surface area contributed by atoms with Gasteiger partial charge in [0.05, 0.1) is 22.1 Å². The van der Waals surface area contributed by atoms with Crippen molar-refractivity contribution < 1.29 is 32.6 Å². The number of rotatable bonds is 8. The number of halogens is 2. The molecule has 8 nitrogen and oxygen atoms in total. The van der Waals surface area contributed by atoms with Crippen LogP contribution < -0.4 is 15.8 Å². The third-order valence-electron chi connectivity index (χ3n) is 3.99. The number of alkyl halides is 2. The highest BCUT2D eigenvalue weighted by Crippen LogP contribution is 2.35. The average molecular weight is 425 g/mol. The van der Waals surface area contributed by atoms with Gasteiger partial charge in [-0.15, -0.1) is 11.3 Å². The van der Waals surface area contributed by atoms with E-state index < -0.39 is 42.2 Å². The number of thiazole rings is 1. The Hall–Kier alpha value is -3.05. The van der Waals surface area contributed by atoms with E-state index in [9.17, 15) is 18.4 Å². The van der Waals surface area contributed by atoms with E-state index in [1.165, 1.54) is 29.5 Å². The number of ether oxygens (including phenoxy) is 1. The summed E-state index contributed by atoms with van der Waals surface area (Å²) in [5.41, 5.74) is 4.67. The first-order chi connectivity index (χ1) is 13.8. The SMILES string of the molecule is Cc1ncc(COc2ccc3oc(C(F)F)c(C(=O)NC(CO)C(N)=O)c3c2)s1. The van der Waals surface area contributed by atoms with Crippen LogP contribution in [0.25, 0.3) is 11.0 Å². The van der Waals surface area contributed by atoms with Crippen molar-refractivity contribution >= 4 is 34.1 Å². The minimum atomic E-state index is -3.08. The van der Waals surface area contributed by atoms with Gasteiger partial charge in [0.15, 0.2) is 5.76 Å². The number of aryl methyl sites for hydroxylation is 1. The lowest BCUT2D eigenvalue weighted by molar-refractivity contribution is -0.120. The van der Waals surface area contributed by atoms with Gasteiger partial charge in [-0.05, 0) is 25.1 Å². The number of amides is 2. The zero-order valence-corrected chi connectivity index (χ0v) is 16.0. The lowest BCUT2D eigenvalue weighted by atomic mass is 10.1. The van der Waals surface area contributed by atoms with Crippen LogP contribution in [0.2, 0.25) is 0 Å². The van der Waals surface area contributed by atoms with Crippen LogP contribution in [0.15, 0.2) is 28.8 Å². The molecular weight excluding hydrogens is 408 g/mol. The fourth-order valence-electron chi connectivity index (χ4n) is 2.64. The summed E-state index contributed by atoms with van der Waals surface area (Å²) in [6, 6.07) is 2.90. The summed E-state index contributed by atoms with van der Waals surface area (Å²) < 4.78 is 37.6. The molecule has 154 valence electrons. The lowest BCUT2D eigenvalue weighted by Gasteiger charge is -2.12. The monoisotopic (exact) mass is 425 g/mol. The van der Waals surface area contributed by atoms with E-state index in [-0.39, 0.29) is 17.6 Å². The lowest BCUT2D eigenvalue weighted by Crippen LogP contribution is -2.46. The minimum Gasteiger partial charge on any atom is -0.488 e. The normalized spacial score (nSPS) is 12.3. The number of hydrogen-bond acceptors (Lipinski definition) is 7. The number of furan rings is 1. The molecule has 0 radical (unpaired) electrons. The maximum atomic E-state index is 13.4. The molecule has 1 unspecified atom stereocenters. The van der Waals surface area contributed by atoms with Gasteiger partial charge in [0, 0.05) is 11.6 Å². The molecule has 1 aromatic carbocycles. The second-order valence-electron chi connectivity index (χ2n) is 6.05. The van der Waals surface area contributed by atoms with E-state index in [0.29, 0.717) is 5.75 Å². The van der Waals surface area contributed by atoms with Gasteiger partial charge in [-0.2, -0.15) is 0 Å². The quantitative estimate of drug-likeness (QED) is 0.508. The number of primary amides is 1. The number of carbonyl (C=O) groups excluding carboxylic acids is 2. The first-order valence-corrected chi connectivity index (χ1v) is 9.21. The number of carbonyl (C=O) groups is 2. The average Bonchev–Trinajstić information content (AvgIpc) is 3.27. The van der Waals surface area contributed by atoms with Crippen LogP contribution in [-0.4, -0.2) is 34.6 Å². The number of aliphatic hydroxyl groups is 1. The van der Waals surface area contributed by atoms with Gasteiger partial charge >= 0.3 is 0 Å². The molecule has 0 fully saturated rings. The Morgan fingerprint density at radius 2 is 2.17 bits per heavy atom. The minimum absolute atomic E-state index is 0.0473. The highest BCUT2D eigenvalue weighted by molar-refractivity contribution is 7.11. The van der Waals surface area contributed by atoms with E-state index in [2.05, 4.69) is 10.3 Å². The molecule has 1 atom stereocenters. The van der Waals surface area contributed by atoms with Crippen molar-refractivity contribution in [1.82, 2.24) is 10.3 Å². The Morgan fingerprint density at radius 1 is 1.41 bits per heavy atom. The summed E-state index contributed by atoms with van der Waals surface area (Å²) in [6.07, 6.45) is -1.41. The van der Waals surface area contributed by atoms with Crippen molar-refractivity contribution in [3.8, 4) is 5.75 Å². The predicted octanol–water partition coefficient (Wildman–Crippen LogP) is 2.29. The van der Waals surface area contributed by atoms with Gasteiger partial charge in [-0.1, -0.05) is 0 Å². The predicted molar refractivity (Wildman–Crippen MR) is 99.9 cm³/mol. The highest BCUT2D eigenvalue weighted by atomic mass is 32.1. The second-order valence-corrected chi connectivity index (χ2v) is 7.36. The van der Waals surface area contributed by atoms with Crippen LogP contribution >= 0.6 is 11.3 Å². The molecule has 2 aromatic heterocycles. The maximum absolute atomic E-state index is 13.4. The van der Waals surface area contributed by atoms with E-state index in [1.807, 2.05) is 6.92 Å². The Morgan fingerprint density at radius 3 is 2.76 bits per heavy atom. The van der Waals surface area contributed by atoms with Crippen molar-refractivity contribution in [2.45, 2.75) is 26.0 Å². The molecule has 0 aliphatic rings. The molecule has 3 aromatic rings. The molecule has 0 spiro atoms. The Balaban J connectivity index is 1.94. The Kier molecular flexibility index (Phi) is 6.09. The summed E-state index contributed by atoms with van der Waals surface area (Å²) in [4.78, 5) is 28.8. The van der Waals surface area contributed by atoms with E-state index >= 15 is 0 Å². The van der Waals surface area contributed by atoms with Gasteiger partial charge in [0.1, 0.15) is 24.0 Å². The third kappa shape index (κ3) is 4.51. The molecule has 0 saturated carbocycles. The van der Waals surface area contributed by atoms with Gasteiger partial charge in [-0.3, -0.25) is 9.59 Å². The van der Waals surface area contributed by atoms with Gasteiger partial charge in [0.2, 0.25) is 5.91 Å². The number of benzene rings is 1. The maximum Gasteiger partial charge on any atom is 0.296 e. The van der Waals surface area contributed by atoms with E-state index in [4.69, 9.17) is 20.0 Å². The summed E-state index contributed by atoms with van der Waals surface area (Å²) in [5.74, 6) is -2.55. The standard InChI is InChI=1S/C18H17F2N3O5S/c1-8-22-5-10(29-8)7-27-9-2-3-13-11(4-9)14(15(28-13)16(19)20)18(26)23-12(6-24)17(21)25/h2-5,12,16,24H,6-7H2,1H3,(H2,21,25)(H,23,26). The summed E-state index contributed by atoms with van der Waals surface area (Å²) >= 11 is 1.45. The molecule has 0 aliphatic heterocycles. The van der Waals surface area contributed by atoms with Crippen LogP contribution in [0.4, 0.5) is 8.78 Å². The number of aliphatic hydroxyl groups excluding tert-OH is 1. The molecule has 29 heavy (non-hydrogen) atoms. The zero-order chi connectivity index (χ0) is 21.1. The number of nitrogens with one attached hydrogen (secondary N) is 1. The van der Waals surface area contributed by atoms with Crippen LogP contribution in [0, 0.1) is 6.92 Å². The molecule has 4 N–H and O–H groups in total. The molecule has 0 saturated heterocycles. The molecule has 2 heterocycles. The Bertz CT molecular complexity index is 1050. The van der Waals surface area contributed by atoms with E-state index in [0.717, 1.165) is 9.88 Å². The number of hydrogen-bond donors (Lipinski definition) is 3. The van der Waals surface area contributed by atoms with Crippen LogP contribution in [0.5, 0.6) is 5.75 Å². The topological polar surface area (TPSA) is 128 Å². The molecule has 0 bridgehead atoms. The van der Waals surface area contributed by atoms with Gasteiger partial charge < -0.3 is 25.3 Å². The second kappa shape index (κ2) is 8.53. The van der Waals surface area contributed by atoms with Gasteiger partial charge in [-0.25, -0.2) is 13.8 Å². The molecular formula is C18H17F2N3O5S. The number of nitrogens with zero attached hydrogens (tertiary/aromatic N) is 1. The fraction of sp³-hybridized carbons (Fsp3) is 0.278. The zero-order valence-electron chi connectivity index (χ0n) is 15.1. The molecule has 2 amide bonds. The van der Waals surface area contributed by atoms with Crippen molar-refractivity contribution in [3.05, 3.63) is 45.6 Å².